The number of hydrogen-bond donors (Lipinski definition) is 1. The number of rotatable bonds is 2. The van der Waals surface area contributed by atoms with Crippen LogP contribution in [0.15, 0.2) is 21.4 Å². The molecule has 0 amide bonds. The van der Waals surface area contributed by atoms with Crippen molar-refractivity contribution >= 4 is 26.8 Å². The Morgan fingerprint density at radius 3 is 2.74 bits per heavy atom. The summed E-state index contributed by atoms with van der Waals surface area (Å²) in [6, 6.07) is 2.42. The molecule has 1 aromatic carbocycles. The topological polar surface area (TPSA) is 51.5 Å². The molecule has 6 heteroatoms. The number of hydrogen-bond acceptors (Lipinski definition) is 3. The molecule has 0 saturated heterocycles. The van der Waals surface area contributed by atoms with Crippen molar-refractivity contribution in [2.45, 2.75) is 18.9 Å². The van der Waals surface area contributed by atoms with E-state index in [9.17, 15) is 14.3 Å². The van der Waals surface area contributed by atoms with Gasteiger partial charge in [-0.25, -0.2) is 4.39 Å². The first kappa shape index (κ1) is 12.5. The van der Waals surface area contributed by atoms with Crippen LogP contribution in [0.25, 0.3) is 10.9 Å². The van der Waals surface area contributed by atoms with Crippen LogP contribution < -0.4 is 10.3 Å². The van der Waals surface area contributed by atoms with Gasteiger partial charge in [0.1, 0.15) is 11.6 Å². The summed E-state index contributed by atoms with van der Waals surface area (Å²) < 4.78 is 20.7. The second-order valence-electron chi connectivity index (χ2n) is 4.57. The number of aromatic hydroxyl groups is 1. The molecule has 0 spiro atoms. The van der Waals surface area contributed by atoms with E-state index in [2.05, 4.69) is 15.9 Å². The average Bonchev–Trinajstić information content (AvgIpc) is 3.17. The molecule has 1 N–H and O–H groups in total. The van der Waals surface area contributed by atoms with Crippen molar-refractivity contribution in [3.8, 4) is 11.5 Å². The highest BCUT2D eigenvalue weighted by atomic mass is 79.9. The van der Waals surface area contributed by atoms with Gasteiger partial charge in [0.05, 0.1) is 17.1 Å². The molecule has 0 unspecified atom stereocenters. The van der Waals surface area contributed by atoms with Gasteiger partial charge in [0.2, 0.25) is 0 Å². The molecule has 1 aliphatic rings. The third-order valence-corrected chi connectivity index (χ3v) is 4.02. The first-order valence-corrected chi connectivity index (χ1v) is 6.64. The molecule has 1 fully saturated rings. The summed E-state index contributed by atoms with van der Waals surface area (Å²) in [6.07, 6.45) is 1.80. The van der Waals surface area contributed by atoms with E-state index in [0.29, 0.717) is 5.52 Å². The van der Waals surface area contributed by atoms with E-state index in [1.165, 1.54) is 13.2 Å². The van der Waals surface area contributed by atoms with E-state index >= 15 is 0 Å². The minimum atomic E-state index is -0.541. The zero-order chi connectivity index (χ0) is 13.7. The first-order valence-electron chi connectivity index (χ1n) is 5.84. The number of pyridine rings is 1. The fourth-order valence-corrected chi connectivity index (χ4v) is 2.75. The van der Waals surface area contributed by atoms with Crippen molar-refractivity contribution in [2.24, 2.45) is 0 Å². The lowest BCUT2D eigenvalue weighted by Crippen LogP contribution is -2.19. The average molecular weight is 328 g/mol. The van der Waals surface area contributed by atoms with E-state index in [4.69, 9.17) is 4.74 Å². The van der Waals surface area contributed by atoms with Gasteiger partial charge in [0.25, 0.3) is 5.56 Å². The van der Waals surface area contributed by atoms with Gasteiger partial charge >= 0.3 is 0 Å². The number of benzene rings is 1. The van der Waals surface area contributed by atoms with Crippen LogP contribution in [0.2, 0.25) is 0 Å². The summed E-state index contributed by atoms with van der Waals surface area (Å²) in [7, 11) is 1.41. The Hall–Kier alpha value is -1.56. The normalized spacial score (nSPS) is 14.9. The fourth-order valence-electron chi connectivity index (χ4n) is 2.28. The highest BCUT2D eigenvalue weighted by molar-refractivity contribution is 9.10. The van der Waals surface area contributed by atoms with Crippen LogP contribution in [-0.4, -0.2) is 16.8 Å². The van der Waals surface area contributed by atoms with Crippen LogP contribution in [0.1, 0.15) is 18.9 Å². The van der Waals surface area contributed by atoms with Gasteiger partial charge in [-0.2, -0.15) is 0 Å². The van der Waals surface area contributed by atoms with Gasteiger partial charge in [0.15, 0.2) is 5.75 Å². The van der Waals surface area contributed by atoms with Gasteiger partial charge in [-0.05, 0) is 34.8 Å². The molecule has 0 atom stereocenters. The van der Waals surface area contributed by atoms with Crippen molar-refractivity contribution in [3.63, 3.8) is 0 Å². The maximum absolute atomic E-state index is 13.8. The molecule has 1 saturated carbocycles. The lowest BCUT2D eigenvalue weighted by Gasteiger charge is -2.15. The van der Waals surface area contributed by atoms with E-state index in [1.54, 1.807) is 4.57 Å². The zero-order valence-corrected chi connectivity index (χ0v) is 11.7. The van der Waals surface area contributed by atoms with Crippen LogP contribution in [0.3, 0.4) is 0 Å². The predicted octanol–water partition coefficient (Wildman–Crippen LogP) is 2.95. The Labute approximate surface area is 116 Å². The Morgan fingerprint density at radius 2 is 2.16 bits per heavy atom. The van der Waals surface area contributed by atoms with Crippen LogP contribution in [0.4, 0.5) is 4.39 Å². The number of methoxy groups -OCH3 is 1. The van der Waals surface area contributed by atoms with Gasteiger partial charge in [-0.1, -0.05) is 0 Å². The fraction of sp³-hybridized carbons (Fsp3) is 0.308. The van der Waals surface area contributed by atoms with Crippen molar-refractivity contribution in [2.75, 3.05) is 7.11 Å². The van der Waals surface area contributed by atoms with E-state index in [1.807, 2.05) is 0 Å². The summed E-state index contributed by atoms with van der Waals surface area (Å²) in [4.78, 5) is 12.0. The maximum atomic E-state index is 13.8. The molecular formula is C13H11BrFNO3. The lowest BCUT2D eigenvalue weighted by molar-refractivity contribution is 0.409. The maximum Gasteiger partial charge on any atom is 0.255 e. The standard InChI is InChI=1S/C13H11BrFNO3/c1-19-13-11(14)8(15)4-7-9(17)5-10(18)16(12(7)13)6-2-3-6/h4-6,17H,2-3H2,1H3. The minimum absolute atomic E-state index is 0.0989. The second kappa shape index (κ2) is 4.23. The Kier molecular flexibility index (Phi) is 2.78. The molecule has 19 heavy (non-hydrogen) atoms. The third-order valence-electron chi connectivity index (χ3n) is 3.28. The smallest absolute Gasteiger partial charge is 0.255 e. The van der Waals surface area contributed by atoms with Crippen LogP contribution in [-0.2, 0) is 0 Å². The second-order valence-corrected chi connectivity index (χ2v) is 5.36. The molecule has 0 radical (unpaired) electrons. The summed E-state index contributed by atoms with van der Waals surface area (Å²) in [5.74, 6) is -0.544. The number of halogens is 2. The Bertz CT molecular complexity index is 737. The quantitative estimate of drug-likeness (QED) is 0.922. The van der Waals surface area contributed by atoms with Crippen LogP contribution in [0, 0.1) is 5.82 Å². The third kappa shape index (κ3) is 1.82. The molecule has 4 nitrogen and oxygen atoms in total. The van der Waals surface area contributed by atoms with Crippen LogP contribution >= 0.6 is 15.9 Å². The van der Waals surface area contributed by atoms with Crippen LogP contribution in [0.5, 0.6) is 11.5 Å². The SMILES string of the molecule is COc1c(Br)c(F)cc2c(O)cc(=O)n(C3CC3)c12. The molecule has 1 aliphatic carbocycles. The van der Waals surface area contributed by atoms with Crippen molar-refractivity contribution < 1.29 is 14.2 Å². The molecule has 100 valence electrons. The van der Waals surface area contributed by atoms with E-state index in [-0.39, 0.29) is 33.0 Å². The largest absolute Gasteiger partial charge is 0.507 e. The van der Waals surface area contributed by atoms with E-state index in [0.717, 1.165) is 18.9 Å². The molecule has 3 rings (SSSR count). The molecular weight excluding hydrogens is 317 g/mol. The number of aromatic nitrogens is 1. The first-order chi connectivity index (χ1) is 9.04. The van der Waals surface area contributed by atoms with Gasteiger partial charge in [0, 0.05) is 17.5 Å². The Morgan fingerprint density at radius 1 is 1.47 bits per heavy atom. The van der Waals surface area contributed by atoms with Crippen molar-refractivity contribution in [1.29, 1.82) is 0 Å². The summed E-state index contributed by atoms with van der Waals surface area (Å²) >= 11 is 3.12. The molecule has 1 heterocycles. The number of ether oxygens (including phenoxy) is 1. The number of fused-ring (bicyclic) bond motifs is 1. The molecule has 1 aromatic heterocycles. The lowest BCUT2D eigenvalue weighted by atomic mass is 10.1. The summed E-state index contributed by atoms with van der Waals surface area (Å²) in [5.41, 5.74) is 0.132. The van der Waals surface area contributed by atoms with Gasteiger partial charge in [-0.15, -0.1) is 0 Å². The Balaban J connectivity index is 2.54. The molecule has 0 bridgehead atoms. The molecule has 2 aromatic rings. The highest BCUT2D eigenvalue weighted by Gasteiger charge is 2.29. The van der Waals surface area contributed by atoms with Gasteiger partial charge < -0.3 is 14.4 Å². The van der Waals surface area contributed by atoms with E-state index < -0.39 is 5.82 Å². The van der Waals surface area contributed by atoms with Crippen molar-refractivity contribution in [1.82, 2.24) is 4.57 Å². The highest BCUT2D eigenvalue weighted by Crippen LogP contribution is 2.43. The summed E-state index contributed by atoms with van der Waals surface area (Å²) in [5, 5.41) is 10.1. The zero-order valence-electron chi connectivity index (χ0n) is 10.1. The minimum Gasteiger partial charge on any atom is -0.507 e. The summed E-state index contributed by atoms with van der Waals surface area (Å²) in [6.45, 7) is 0. The van der Waals surface area contributed by atoms with Crippen molar-refractivity contribution in [3.05, 3.63) is 32.8 Å². The number of nitrogens with zero attached hydrogens (tertiary/aromatic N) is 1. The predicted molar refractivity (Wildman–Crippen MR) is 72.4 cm³/mol. The van der Waals surface area contributed by atoms with Gasteiger partial charge in [-0.3, -0.25) is 4.79 Å². The molecule has 0 aliphatic heterocycles. The monoisotopic (exact) mass is 327 g/mol.